The van der Waals surface area contributed by atoms with Gasteiger partial charge in [0.1, 0.15) is 0 Å². The van der Waals surface area contributed by atoms with Crippen molar-refractivity contribution in [3.63, 3.8) is 0 Å². The van der Waals surface area contributed by atoms with E-state index < -0.39 is 15.9 Å². The number of nitrogens with zero attached hydrogens (tertiary/aromatic N) is 4. The van der Waals surface area contributed by atoms with Crippen LogP contribution < -0.4 is 103 Å². The van der Waals surface area contributed by atoms with Crippen LogP contribution in [0.5, 0.6) is 0 Å². The van der Waals surface area contributed by atoms with Crippen molar-refractivity contribution in [1.82, 2.24) is 0 Å². The smallest absolute Gasteiger partial charge is 0.739 e. The molecule has 0 saturated carbocycles. The molecule has 0 aliphatic heterocycles. The van der Waals surface area contributed by atoms with Crippen LogP contribution in [0.1, 0.15) is 6.92 Å². The fraction of sp³-hybridized carbons (Fsp3) is 1.00. The molecule has 0 radical (unpaired) electrons. The number of hydrogen-bond acceptors (Lipinski definition) is 6. The molecule has 12 heavy (non-hydrogen) atoms. The van der Waals surface area contributed by atoms with E-state index in [4.69, 9.17) is 0 Å². The van der Waals surface area contributed by atoms with Crippen LogP contribution in [0.3, 0.4) is 0 Å². The normalized spacial score (nSPS) is 11.8. The van der Waals surface area contributed by atoms with Crippen LogP contribution in [0.4, 0.5) is 0 Å². The van der Waals surface area contributed by atoms with Crippen molar-refractivity contribution in [2.45, 2.75) is 13.1 Å². The molecule has 8 nitrogen and oxygen atoms in total. The average molecular weight is 226 g/mol. The van der Waals surface area contributed by atoms with Gasteiger partial charge in [0, 0.05) is 0 Å². The van der Waals surface area contributed by atoms with E-state index in [9.17, 15) is 20.8 Å². The zero-order chi connectivity index (χ0) is 8.15. The minimum atomic E-state index is -1.50. The Morgan fingerprint density at radius 1 is 1.00 bits per heavy atom. The molecule has 0 aromatic carbocycles. The summed E-state index contributed by atoms with van der Waals surface area (Å²) in [5.74, 6) is 0. The van der Waals surface area contributed by atoms with Gasteiger partial charge in [-0.15, -0.1) is 0 Å². The van der Waals surface area contributed by atoms with Gasteiger partial charge in [0.25, 0.3) is 0 Å². The van der Waals surface area contributed by atoms with Gasteiger partial charge in [0.05, 0.1) is 6.92 Å². The fourth-order valence-corrected chi connectivity index (χ4v) is 0.221. The number of rotatable bonds is 2. The molecule has 0 heterocycles. The summed E-state index contributed by atoms with van der Waals surface area (Å²) >= 11 is 0. The minimum absolute atomic E-state index is 0. The van der Waals surface area contributed by atoms with Crippen LogP contribution in [0.25, 0.3) is 0 Å². The number of hydrogen-bond donors (Lipinski definition) is 0. The molecule has 0 amide bonds. The van der Waals surface area contributed by atoms with Gasteiger partial charge in [-0.1, -0.05) is 0 Å². The van der Waals surface area contributed by atoms with E-state index in [2.05, 4.69) is 0 Å². The molecule has 0 saturated heterocycles. The van der Waals surface area contributed by atoms with Crippen LogP contribution in [0.15, 0.2) is 10.6 Å². The average Bonchev–Trinajstić information content (AvgIpc) is 2.00. The van der Waals surface area contributed by atoms with Crippen molar-refractivity contribution in [3.05, 3.63) is 20.8 Å². The first-order valence-electron chi connectivity index (χ1n) is 2.22. The van der Waals surface area contributed by atoms with Crippen molar-refractivity contribution in [1.29, 1.82) is 0 Å². The third-order valence-corrected chi connectivity index (χ3v) is 0.800. The van der Waals surface area contributed by atoms with Gasteiger partial charge in [-0.05, 0) is 20.3 Å². The van der Waals surface area contributed by atoms with Crippen LogP contribution >= 0.6 is 0 Å². The predicted octanol–water partition coefficient (Wildman–Crippen LogP) is -5.74. The van der Waals surface area contributed by atoms with Gasteiger partial charge >= 0.3 is 109 Å². The van der Waals surface area contributed by atoms with Gasteiger partial charge in [-0.3, -0.25) is 0 Å². The van der Waals surface area contributed by atoms with Gasteiger partial charge in [-0.2, -0.15) is 0 Å². The first kappa shape index (κ1) is 19.3. The van der Waals surface area contributed by atoms with Gasteiger partial charge < -0.3 is 20.8 Å². The monoisotopic (exact) mass is 226 g/mol. The fourth-order valence-electron chi connectivity index (χ4n) is 0.221. The van der Waals surface area contributed by atoms with E-state index in [1.165, 1.54) is 0 Å². The maximum atomic E-state index is 10.1. The summed E-state index contributed by atoms with van der Waals surface area (Å²) in [7, 11) is 0. The van der Waals surface area contributed by atoms with Gasteiger partial charge in [-0.25, -0.2) is 0 Å². The molecule has 0 unspecified atom stereocenters. The Kier molecular flexibility index (Phi) is 17.3. The van der Waals surface area contributed by atoms with Crippen molar-refractivity contribution in [3.8, 4) is 0 Å². The Morgan fingerprint density at radius 3 is 1.42 bits per heavy atom. The van der Waals surface area contributed by atoms with Crippen LogP contribution in [-0.2, 0) is 0 Å². The van der Waals surface area contributed by atoms with Gasteiger partial charge in [0.2, 0.25) is 0 Å². The zero-order valence-corrected chi connectivity index (χ0v) is 13.2. The van der Waals surface area contributed by atoms with Crippen LogP contribution in [0.2, 0.25) is 0 Å². The van der Waals surface area contributed by atoms with E-state index in [0.29, 0.717) is 0 Å². The van der Waals surface area contributed by atoms with E-state index in [1.54, 1.807) is 0 Å². The Balaban J connectivity index is -0.000000405. The van der Waals surface area contributed by atoms with Gasteiger partial charge in [0.15, 0.2) is 0 Å². The molecule has 0 aromatic heterocycles. The van der Waals surface area contributed by atoms with Crippen molar-refractivity contribution < 1.29 is 112 Å². The Labute approximate surface area is 153 Å². The summed E-state index contributed by atoms with van der Waals surface area (Å²) in [6.45, 7) is 1.02. The third-order valence-electron chi connectivity index (χ3n) is 0.800. The molecular formula is C2H4K2N4O4. The molecule has 0 N–H and O–H groups in total. The summed E-state index contributed by atoms with van der Waals surface area (Å²) in [6.07, 6.45) is -1.50. The molecule has 10 heteroatoms. The zero-order valence-electron chi connectivity index (χ0n) is 7.00. The molecule has 0 aliphatic rings. The molecule has 0 fully saturated rings. The van der Waals surface area contributed by atoms with Crippen molar-refractivity contribution >= 4 is 0 Å². The molecule has 0 atom stereocenters. The molecule has 58 valence electrons. The maximum Gasteiger partial charge on any atom is 1.00 e. The second-order valence-corrected chi connectivity index (χ2v) is 1.40. The van der Waals surface area contributed by atoms with E-state index in [-0.39, 0.29) is 103 Å². The summed E-state index contributed by atoms with van der Waals surface area (Å²) in [4.78, 5) is -0.928. The maximum absolute atomic E-state index is 10.1. The minimum Gasteiger partial charge on any atom is -0.739 e. The Bertz CT molecular complexity index is 154. The van der Waals surface area contributed by atoms with Crippen LogP contribution in [0, 0.1) is 20.8 Å². The molecular weight excluding hydrogens is 222 g/mol. The molecule has 0 spiro atoms. The molecule has 0 bridgehead atoms. The van der Waals surface area contributed by atoms with Crippen molar-refractivity contribution in [2.24, 2.45) is 10.6 Å². The first-order chi connectivity index (χ1) is 4.63. The second-order valence-electron chi connectivity index (χ2n) is 1.40. The molecule has 0 rings (SSSR count). The predicted molar refractivity (Wildman–Crippen MR) is 28.3 cm³/mol. The third kappa shape index (κ3) is 7.11. The summed E-state index contributed by atoms with van der Waals surface area (Å²) in [5.41, 5.74) is 0. The number of hydroxylamine groups is 2. The van der Waals surface area contributed by atoms with Crippen LogP contribution in [-0.4, -0.2) is 15.9 Å². The standard InChI is InChI=1S/C2H6N4O4.2K/c1-2(5(9)3-7)6(10)4-8;;/h2,7-8H,1H3;;/q;2*+1/p-2/b5-3-,6-4-;;. The Morgan fingerprint density at radius 2 is 1.25 bits per heavy atom. The van der Waals surface area contributed by atoms with E-state index in [1.807, 2.05) is 10.6 Å². The summed E-state index contributed by atoms with van der Waals surface area (Å²) in [5, 5.41) is 42.7. The molecule has 0 aliphatic carbocycles. The second kappa shape index (κ2) is 10.8. The van der Waals surface area contributed by atoms with E-state index in [0.717, 1.165) is 6.92 Å². The molecule has 0 aromatic rings. The first-order valence-corrected chi connectivity index (χ1v) is 2.22. The topological polar surface area (TPSA) is 123 Å². The SMILES string of the molecule is CC(/[N+]([O-])=N/[O-])/[N+]([O-])=N/[O-].[K+].[K+]. The summed E-state index contributed by atoms with van der Waals surface area (Å²) in [6, 6.07) is 0. The quantitative estimate of drug-likeness (QED) is 0.153. The summed E-state index contributed by atoms with van der Waals surface area (Å²) < 4.78 is 0. The van der Waals surface area contributed by atoms with Crippen molar-refractivity contribution in [2.75, 3.05) is 0 Å². The largest absolute Gasteiger partial charge is 1.00 e. The Hall–Kier alpha value is 1.67. The van der Waals surface area contributed by atoms with E-state index >= 15 is 0 Å².